The lowest BCUT2D eigenvalue weighted by Crippen LogP contribution is -2.63. The van der Waals surface area contributed by atoms with E-state index in [-0.39, 0.29) is 34.7 Å². The van der Waals surface area contributed by atoms with Gasteiger partial charge >= 0.3 is 0 Å². The van der Waals surface area contributed by atoms with Crippen molar-refractivity contribution >= 4 is 11.6 Å². The summed E-state index contributed by atoms with van der Waals surface area (Å²) in [6.45, 7) is 6.11. The van der Waals surface area contributed by atoms with Gasteiger partial charge in [-0.05, 0) is 56.1 Å². The molecule has 0 radical (unpaired) electrons. The molecule has 7 heteroatoms. The van der Waals surface area contributed by atoms with Crippen molar-refractivity contribution in [2.24, 2.45) is 28.6 Å². The van der Waals surface area contributed by atoms with Crippen LogP contribution in [0.5, 0.6) is 0 Å². The molecule has 0 aromatic carbocycles. The second kappa shape index (κ2) is 7.06. The predicted molar refractivity (Wildman–Crippen MR) is 111 cm³/mol. The van der Waals surface area contributed by atoms with Crippen molar-refractivity contribution in [2.45, 2.75) is 70.7 Å². The Morgan fingerprint density at radius 2 is 2.13 bits per heavy atom. The van der Waals surface area contributed by atoms with E-state index in [1.54, 1.807) is 12.2 Å². The summed E-state index contributed by atoms with van der Waals surface area (Å²) in [6, 6.07) is 0. The lowest BCUT2D eigenvalue weighted by atomic mass is 9.46. The van der Waals surface area contributed by atoms with Gasteiger partial charge in [0, 0.05) is 16.7 Å². The minimum Gasteiger partial charge on any atom is -0.393 e. The molecule has 0 aromatic rings. The summed E-state index contributed by atoms with van der Waals surface area (Å²) in [5.74, 6) is -0.0785. The molecule has 5 rings (SSSR count). The molecule has 0 aromatic heterocycles. The molecule has 0 amide bonds. The van der Waals surface area contributed by atoms with Gasteiger partial charge in [-0.3, -0.25) is 19.3 Å². The molecule has 1 aliphatic heterocycles. The average Bonchev–Trinajstić information content (AvgIpc) is 3.20. The summed E-state index contributed by atoms with van der Waals surface area (Å²) in [5, 5.41) is 22.8. The SMILES string of the molecule is CCCN1OC2CC3C4CCC5=CC(=O)C=C[C@]5(C)C4[C@@H](O)C[C@]3(C)C2(C(=O)CO)O1. The third-order valence-electron chi connectivity index (χ3n) is 9.11. The first kappa shape index (κ1) is 21.5. The molecule has 5 aliphatic rings. The summed E-state index contributed by atoms with van der Waals surface area (Å²) in [6.07, 6.45) is 7.77. The average molecular weight is 432 g/mol. The van der Waals surface area contributed by atoms with E-state index in [4.69, 9.17) is 9.68 Å². The van der Waals surface area contributed by atoms with Crippen LogP contribution in [0.25, 0.3) is 0 Å². The number of aliphatic hydroxyl groups excluding tert-OH is 2. The third kappa shape index (κ3) is 2.64. The first-order chi connectivity index (χ1) is 14.7. The van der Waals surface area contributed by atoms with Crippen LogP contribution in [0.3, 0.4) is 0 Å². The van der Waals surface area contributed by atoms with Gasteiger partial charge in [-0.25, -0.2) is 0 Å². The summed E-state index contributed by atoms with van der Waals surface area (Å²) >= 11 is 0. The number of aliphatic hydroxyl groups is 2. The molecule has 4 aliphatic carbocycles. The van der Waals surface area contributed by atoms with Crippen molar-refractivity contribution < 1.29 is 29.5 Å². The molecule has 4 fully saturated rings. The van der Waals surface area contributed by atoms with Crippen LogP contribution in [-0.2, 0) is 19.3 Å². The number of Topliss-reactive ketones (excluding diaryl/α,β-unsaturated/α-hetero) is 1. The van der Waals surface area contributed by atoms with Crippen LogP contribution in [0.15, 0.2) is 23.8 Å². The number of carbonyl (C=O) groups is 2. The van der Waals surface area contributed by atoms with E-state index < -0.39 is 29.8 Å². The fraction of sp³-hybridized carbons (Fsp3) is 0.750. The van der Waals surface area contributed by atoms with Gasteiger partial charge in [0.2, 0.25) is 0 Å². The van der Waals surface area contributed by atoms with Gasteiger partial charge in [0.25, 0.3) is 0 Å². The normalized spacial score (nSPS) is 48.6. The number of fused-ring (bicyclic) bond motifs is 7. The predicted octanol–water partition coefficient (Wildman–Crippen LogP) is 2.13. The highest BCUT2D eigenvalue weighted by Crippen LogP contribution is 2.69. The highest BCUT2D eigenvalue weighted by atomic mass is 17.0. The van der Waals surface area contributed by atoms with Gasteiger partial charge in [0.05, 0.1) is 12.6 Å². The van der Waals surface area contributed by atoms with Gasteiger partial charge < -0.3 is 10.2 Å². The zero-order valence-corrected chi connectivity index (χ0v) is 18.5. The maximum absolute atomic E-state index is 13.2. The minimum atomic E-state index is -1.27. The number of allylic oxidation sites excluding steroid dienone is 4. The van der Waals surface area contributed by atoms with Gasteiger partial charge in [-0.15, -0.1) is 0 Å². The van der Waals surface area contributed by atoms with Gasteiger partial charge in [-0.1, -0.05) is 37.6 Å². The molecular formula is C24H33NO6. The topological polar surface area (TPSA) is 96.3 Å². The standard InChI is InChI=1S/C24H33NO6/c1-4-9-25-30-20-11-17-16-6-5-14-10-15(27)7-8-22(14,2)21(16)18(28)12-23(17,3)24(20,31-25)19(29)13-26/h7-8,10,16-18,20-21,26,28H,4-6,9,11-13H2,1-3H3/t16?,17?,18-,20?,21?,22-,23-,24?/m0/s1. The Balaban J connectivity index is 1.55. The van der Waals surface area contributed by atoms with Crippen molar-refractivity contribution in [1.29, 1.82) is 0 Å². The number of carbonyl (C=O) groups excluding carboxylic acids is 2. The van der Waals surface area contributed by atoms with Crippen molar-refractivity contribution in [1.82, 2.24) is 5.23 Å². The maximum Gasteiger partial charge on any atom is 0.195 e. The number of hydroxylamine groups is 2. The van der Waals surface area contributed by atoms with Crippen LogP contribution < -0.4 is 0 Å². The Labute approximate surface area is 183 Å². The number of hydrogen-bond acceptors (Lipinski definition) is 7. The lowest BCUT2D eigenvalue weighted by molar-refractivity contribution is -0.342. The molecule has 5 unspecified atom stereocenters. The van der Waals surface area contributed by atoms with Gasteiger partial charge in [0.1, 0.15) is 12.7 Å². The van der Waals surface area contributed by atoms with Crippen LogP contribution in [0.4, 0.5) is 0 Å². The summed E-state index contributed by atoms with van der Waals surface area (Å²) in [7, 11) is 0. The Hall–Kier alpha value is -1.38. The molecule has 0 bridgehead atoms. The largest absolute Gasteiger partial charge is 0.393 e. The summed E-state index contributed by atoms with van der Waals surface area (Å²) < 4.78 is 0. The van der Waals surface area contributed by atoms with Crippen molar-refractivity contribution in [3.8, 4) is 0 Å². The molecule has 8 atom stereocenters. The Kier molecular flexibility index (Phi) is 4.89. The minimum absolute atomic E-state index is 0.0155. The Morgan fingerprint density at radius 3 is 2.84 bits per heavy atom. The smallest absolute Gasteiger partial charge is 0.195 e. The van der Waals surface area contributed by atoms with E-state index in [2.05, 4.69) is 6.92 Å². The molecule has 3 saturated carbocycles. The van der Waals surface area contributed by atoms with Crippen molar-refractivity contribution in [3.05, 3.63) is 23.8 Å². The monoisotopic (exact) mass is 431 g/mol. The van der Waals surface area contributed by atoms with E-state index in [9.17, 15) is 19.8 Å². The van der Waals surface area contributed by atoms with Crippen LogP contribution in [0.2, 0.25) is 0 Å². The van der Waals surface area contributed by atoms with Gasteiger partial charge in [0.15, 0.2) is 17.2 Å². The number of hydrogen-bond donors (Lipinski definition) is 2. The number of nitrogens with zero attached hydrogens (tertiary/aromatic N) is 1. The fourth-order valence-electron chi connectivity index (χ4n) is 7.85. The Bertz CT molecular complexity index is 868. The molecular weight excluding hydrogens is 398 g/mol. The lowest BCUT2D eigenvalue weighted by Gasteiger charge is -2.59. The first-order valence-electron chi connectivity index (χ1n) is 11.6. The summed E-state index contributed by atoms with van der Waals surface area (Å²) in [5.41, 5.74) is -1.18. The van der Waals surface area contributed by atoms with Gasteiger partial charge in [-0.2, -0.15) is 0 Å². The quantitative estimate of drug-likeness (QED) is 0.704. The van der Waals surface area contributed by atoms with E-state index in [0.29, 0.717) is 19.4 Å². The van der Waals surface area contributed by atoms with Crippen LogP contribution in [0.1, 0.15) is 52.9 Å². The molecule has 1 heterocycles. The van der Waals surface area contributed by atoms with Crippen LogP contribution in [-0.4, -0.2) is 58.0 Å². The summed E-state index contributed by atoms with van der Waals surface area (Å²) in [4.78, 5) is 37.5. The zero-order valence-electron chi connectivity index (χ0n) is 18.5. The molecule has 7 nitrogen and oxygen atoms in total. The first-order valence-corrected chi connectivity index (χ1v) is 11.6. The second-order valence-electron chi connectivity index (χ2n) is 10.5. The van der Waals surface area contributed by atoms with Crippen LogP contribution in [0, 0.1) is 28.6 Å². The molecule has 1 saturated heterocycles. The second-order valence-corrected chi connectivity index (χ2v) is 10.5. The molecule has 31 heavy (non-hydrogen) atoms. The molecule has 2 N–H and O–H groups in total. The maximum atomic E-state index is 13.2. The highest BCUT2D eigenvalue weighted by molar-refractivity contribution is 6.01. The van der Waals surface area contributed by atoms with E-state index in [1.165, 1.54) is 5.23 Å². The number of ketones is 2. The highest BCUT2D eigenvalue weighted by Gasteiger charge is 2.76. The van der Waals surface area contributed by atoms with Crippen molar-refractivity contribution in [3.63, 3.8) is 0 Å². The Morgan fingerprint density at radius 1 is 1.35 bits per heavy atom. The fourth-order valence-corrected chi connectivity index (χ4v) is 7.85. The molecule has 170 valence electrons. The zero-order chi connectivity index (χ0) is 22.2. The van der Waals surface area contributed by atoms with E-state index >= 15 is 0 Å². The van der Waals surface area contributed by atoms with E-state index in [0.717, 1.165) is 24.8 Å². The van der Waals surface area contributed by atoms with E-state index in [1.807, 2.05) is 19.9 Å². The molecule has 0 spiro atoms. The van der Waals surface area contributed by atoms with Crippen LogP contribution >= 0.6 is 0 Å². The third-order valence-corrected chi connectivity index (χ3v) is 9.11. The number of rotatable bonds is 4. The van der Waals surface area contributed by atoms with Crippen molar-refractivity contribution in [2.75, 3.05) is 13.2 Å².